The van der Waals surface area contributed by atoms with Gasteiger partial charge in [0.25, 0.3) is 0 Å². The Hall–Kier alpha value is -0.870. The first-order valence-corrected chi connectivity index (χ1v) is 4.34. The number of rotatable bonds is 4. The van der Waals surface area contributed by atoms with Gasteiger partial charge in [0.1, 0.15) is 0 Å². The van der Waals surface area contributed by atoms with Crippen molar-refractivity contribution in [3.8, 4) is 5.75 Å². The average Bonchev–Trinajstić information content (AvgIpc) is 2.18. The summed E-state index contributed by atoms with van der Waals surface area (Å²) in [5.74, 6) is -0.368. The van der Waals surface area contributed by atoms with E-state index in [4.69, 9.17) is 10.5 Å². The smallest absolute Gasteiger partial charge is 0.169 e. The molecule has 1 atom stereocenters. The van der Waals surface area contributed by atoms with Crippen LogP contribution in [0, 0.1) is 5.82 Å². The third-order valence-electron chi connectivity index (χ3n) is 2.03. The molecule has 86 valence electrons. The van der Waals surface area contributed by atoms with Crippen molar-refractivity contribution in [3.63, 3.8) is 0 Å². The zero-order valence-corrected chi connectivity index (χ0v) is 9.19. The van der Waals surface area contributed by atoms with Gasteiger partial charge in [-0.1, -0.05) is 12.1 Å². The number of hydrogen-bond donors (Lipinski definition) is 1. The molecule has 0 aliphatic heterocycles. The van der Waals surface area contributed by atoms with Crippen LogP contribution in [0.15, 0.2) is 18.2 Å². The van der Waals surface area contributed by atoms with Crippen molar-refractivity contribution in [1.29, 1.82) is 0 Å². The van der Waals surface area contributed by atoms with Crippen molar-refractivity contribution >= 4 is 12.4 Å². The molecule has 0 amide bonds. The molecule has 0 aromatic heterocycles. The highest BCUT2D eigenvalue weighted by molar-refractivity contribution is 5.85. The number of ether oxygens (including phenoxy) is 1. The lowest BCUT2D eigenvalue weighted by atomic mass is 10.0. The minimum Gasteiger partial charge on any atom is -0.494 e. The molecule has 0 spiro atoms. The molecule has 1 rings (SSSR count). The van der Waals surface area contributed by atoms with Crippen LogP contribution < -0.4 is 10.5 Å². The second-order valence-electron chi connectivity index (χ2n) is 2.95. The Morgan fingerprint density at radius 2 is 2.13 bits per heavy atom. The maximum absolute atomic E-state index is 13.5. The number of alkyl halides is 1. The van der Waals surface area contributed by atoms with Crippen LogP contribution in [0.1, 0.15) is 18.0 Å². The number of halogens is 3. The molecule has 0 saturated heterocycles. The van der Waals surface area contributed by atoms with E-state index < -0.39 is 18.5 Å². The quantitative estimate of drug-likeness (QED) is 0.874. The molecule has 1 aromatic rings. The van der Waals surface area contributed by atoms with E-state index in [2.05, 4.69) is 0 Å². The largest absolute Gasteiger partial charge is 0.494 e. The maximum Gasteiger partial charge on any atom is 0.169 e. The summed E-state index contributed by atoms with van der Waals surface area (Å²) in [5.41, 5.74) is 5.89. The first-order chi connectivity index (χ1) is 6.70. The maximum atomic E-state index is 13.5. The summed E-state index contributed by atoms with van der Waals surface area (Å²) in [5, 5.41) is 0. The van der Waals surface area contributed by atoms with Gasteiger partial charge in [-0.2, -0.15) is 0 Å². The van der Waals surface area contributed by atoms with Gasteiger partial charge >= 0.3 is 0 Å². The molecule has 15 heavy (non-hydrogen) atoms. The van der Waals surface area contributed by atoms with Gasteiger partial charge in [-0.3, -0.25) is 4.39 Å². The molecule has 0 aliphatic rings. The predicted molar refractivity (Wildman–Crippen MR) is 57.7 cm³/mol. The molecule has 0 bridgehead atoms. The van der Waals surface area contributed by atoms with Crippen molar-refractivity contribution < 1.29 is 13.5 Å². The highest BCUT2D eigenvalue weighted by Crippen LogP contribution is 2.25. The number of benzene rings is 1. The summed E-state index contributed by atoms with van der Waals surface area (Å²) in [6.07, 6.45) is 0.115. The van der Waals surface area contributed by atoms with E-state index in [0.717, 1.165) is 0 Å². The van der Waals surface area contributed by atoms with Crippen molar-refractivity contribution in [2.75, 3.05) is 13.8 Å². The molecule has 0 unspecified atom stereocenters. The lowest BCUT2D eigenvalue weighted by Crippen LogP contribution is -2.13. The van der Waals surface area contributed by atoms with E-state index in [-0.39, 0.29) is 24.6 Å². The van der Waals surface area contributed by atoms with Crippen LogP contribution >= 0.6 is 12.4 Å². The molecule has 2 nitrogen and oxygen atoms in total. The van der Waals surface area contributed by atoms with Gasteiger partial charge in [-0.05, 0) is 12.5 Å². The van der Waals surface area contributed by atoms with Crippen molar-refractivity contribution in [2.45, 2.75) is 12.5 Å². The van der Waals surface area contributed by atoms with Gasteiger partial charge in [0.05, 0.1) is 13.8 Å². The first kappa shape index (κ1) is 14.1. The van der Waals surface area contributed by atoms with Crippen LogP contribution in [0.25, 0.3) is 0 Å². The van der Waals surface area contributed by atoms with Crippen LogP contribution in [-0.4, -0.2) is 13.8 Å². The minimum absolute atomic E-state index is 0. The average molecular weight is 238 g/mol. The summed E-state index contributed by atoms with van der Waals surface area (Å²) in [6.45, 7) is -0.558. The standard InChI is InChI=1S/C10H13F2NO.ClH/c1-14-9-4-2-3-7(10(9)12)8(13)5-6-11;/h2-4,8H,5-6,13H2,1H3;1H/t8-;/m1./s1. The number of methoxy groups -OCH3 is 1. The van der Waals surface area contributed by atoms with E-state index in [1.807, 2.05) is 0 Å². The molecular weight excluding hydrogens is 224 g/mol. The predicted octanol–water partition coefficient (Wildman–Crippen LogP) is 2.62. The number of hydrogen-bond acceptors (Lipinski definition) is 2. The molecule has 2 N–H and O–H groups in total. The van der Waals surface area contributed by atoms with Gasteiger partial charge < -0.3 is 10.5 Å². The molecule has 0 fully saturated rings. The Labute approximate surface area is 93.8 Å². The van der Waals surface area contributed by atoms with Gasteiger partial charge in [-0.15, -0.1) is 12.4 Å². The highest BCUT2D eigenvalue weighted by atomic mass is 35.5. The second-order valence-corrected chi connectivity index (χ2v) is 2.95. The molecular formula is C10H14ClF2NO. The lowest BCUT2D eigenvalue weighted by Gasteiger charge is -2.12. The molecule has 0 radical (unpaired) electrons. The van der Waals surface area contributed by atoms with E-state index in [1.165, 1.54) is 19.2 Å². The lowest BCUT2D eigenvalue weighted by molar-refractivity contribution is 0.378. The summed E-state index contributed by atoms with van der Waals surface area (Å²) >= 11 is 0. The SMILES string of the molecule is COc1cccc([C@H](N)CCF)c1F.Cl. The zero-order valence-electron chi connectivity index (χ0n) is 8.37. The normalized spacial score (nSPS) is 11.7. The highest BCUT2D eigenvalue weighted by Gasteiger charge is 2.14. The molecule has 0 aliphatic carbocycles. The van der Waals surface area contributed by atoms with E-state index >= 15 is 0 Å². The van der Waals surface area contributed by atoms with Crippen LogP contribution in [0.3, 0.4) is 0 Å². The zero-order chi connectivity index (χ0) is 10.6. The summed E-state index contributed by atoms with van der Waals surface area (Å²) in [7, 11) is 1.38. The second kappa shape index (κ2) is 6.58. The minimum atomic E-state index is -0.616. The van der Waals surface area contributed by atoms with Gasteiger partial charge in [-0.25, -0.2) is 4.39 Å². The van der Waals surface area contributed by atoms with Gasteiger partial charge in [0, 0.05) is 11.6 Å². The Morgan fingerprint density at radius 3 is 2.67 bits per heavy atom. The summed E-state index contributed by atoms with van der Waals surface area (Å²) in [6, 6.07) is 4.06. The Balaban J connectivity index is 0.00000196. The number of nitrogens with two attached hydrogens (primary N) is 1. The van der Waals surface area contributed by atoms with Crippen molar-refractivity contribution in [1.82, 2.24) is 0 Å². The fourth-order valence-corrected chi connectivity index (χ4v) is 1.24. The van der Waals surface area contributed by atoms with E-state index in [9.17, 15) is 8.78 Å². The van der Waals surface area contributed by atoms with Crippen molar-refractivity contribution in [3.05, 3.63) is 29.6 Å². The Morgan fingerprint density at radius 1 is 1.47 bits per heavy atom. The monoisotopic (exact) mass is 237 g/mol. The third-order valence-corrected chi connectivity index (χ3v) is 2.03. The fourth-order valence-electron chi connectivity index (χ4n) is 1.24. The van der Waals surface area contributed by atoms with E-state index in [1.54, 1.807) is 6.07 Å². The summed E-state index contributed by atoms with van der Waals surface area (Å²) < 4.78 is 30.3. The van der Waals surface area contributed by atoms with E-state index in [0.29, 0.717) is 5.56 Å². The van der Waals surface area contributed by atoms with Crippen LogP contribution in [0.4, 0.5) is 8.78 Å². The summed E-state index contributed by atoms with van der Waals surface area (Å²) in [4.78, 5) is 0. The molecule has 0 saturated carbocycles. The molecule has 1 aromatic carbocycles. The van der Waals surface area contributed by atoms with Gasteiger partial charge in [0.15, 0.2) is 11.6 Å². The van der Waals surface area contributed by atoms with Gasteiger partial charge in [0.2, 0.25) is 0 Å². The Bertz CT molecular complexity index is 309. The van der Waals surface area contributed by atoms with Crippen molar-refractivity contribution in [2.24, 2.45) is 5.73 Å². The topological polar surface area (TPSA) is 35.2 Å². The van der Waals surface area contributed by atoms with Crippen LogP contribution in [0.2, 0.25) is 0 Å². The fraction of sp³-hybridized carbons (Fsp3) is 0.400. The first-order valence-electron chi connectivity index (χ1n) is 4.34. The molecule has 0 heterocycles. The van der Waals surface area contributed by atoms with Crippen LogP contribution in [0.5, 0.6) is 5.75 Å². The Kier molecular flexibility index (Phi) is 6.20. The third kappa shape index (κ3) is 3.32. The van der Waals surface area contributed by atoms with Crippen LogP contribution in [-0.2, 0) is 0 Å². The molecule has 5 heteroatoms.